The Labute approximate surface area is 187 Å². The molecule has 0 bridgehead atoms. The number of rotatable bonds is 5. The first-order valence-electron chi connectivity index (χ1n) is 10.8. The van der Waals surface area contributed by atoms with Crippen molar-refractivity contribution < 1.29 is 9.90 Å². The van der Waals surface area contributed by atoms with Crippen LogP contribution in [0.2, 0.25) is 10.0 Å². The Kier molecular flexibility index (Phi) is 5.20. The third-order valence-electron chi connectivity index (χ3n) is 7.27. The molecular weight excluding hydrogens is 419 g/mol. The number of halogens is 2. The molecule has 3 fully saturated rings. The van der Waals surface area contributed by atoms with Crippen LogP contribution in [0, 0.1) is 17.8 Å². The number of carbonyl (C=O) groups excluding carboxylic acids is 1. The van der Waals surface area contributed by atoms with Crippen LogP contribution in [0.4, 0.5) is 5.69 Å². The quantitative estimate of drug-likeness (QED) is 0.706. The molecule has 0 radical (unpaired) electrons. The van der Waals surface area contributed by atoms with Crippen LogP contribution in [0.1, 0.15) is 31.2 Å². The van der Waals surface area contributed by atoms with Crippen molar-refractivity contribution in [2.75, 3.05) is 18.0 Å². The van der Waals surface area contributed by atoms with E-state index in [1.165, 1.54) is 0 Å². The molecule has 4 nitrogen and oxygen atoms in total. The molecule has 4 atom stereocenters. The topological polar surface area (TPSA) is 52.6 Å². The monoisotopic (exact) mass is 444 g/mol. The van der Waals surface area contributed by atoms with Gasteiger partial charge in [0.05, 0.1) is 10.0 Å². The fraction of sp³-hybridized carbons (Fsp3) is 0.458. The number of hydrogen-bond acceptors (Lipinski definition) is 3. The normalized spacial score (nSPS) is 27.6. The molecule has 5 rings (SSSR count). The third-order valence-corrected chi connectivity index (χ3v) is 8.01. The second-order valence-corrected chi connectivity index (χ2v) is 9.76. The van der Waals surface area contributed by atoms with E-state index in [4.69, 9.17) is 23.2 Å². The van der Waals surface area contributed by atoms with Crippen molar-refractivity contribution in [2.45, 2.75) is 37.3 Å². The van der Waals surface area contributed by atoms with Crippen molar-refractivity contribution in [3.05, 3.63) is 64.1 Å². The summed E-state index contributed by atoms with van der Waals surface area (Å²) in [4.78, 5) is 15.7. The van der Waals surface area contributed by atoms with E-state index in [1.807, 2.05) is 48.5 Å². The average Bonchev–Trinajstić information content (AvgIpc) is 3.19. The van der Waals surface area contributed by atoms with Crippen LogP contribution in [0.3, 0.4) is 0 Å². The minimum atomic E-state index is -1.45. The second kappa shape index (κ2) is 7.74. The van der Waals surface area contributed by atoms with Gasteiger partial charge in [-0.15, -0.1) is 0 Å². The molecule has 2 unspecified atom stereocenters. The molecule has 1 aliphatic heterocycles. The first-order valence-corrected chi connectivity index (χ1v) is 11.5. The van der Waals surface area contributed by atoms with Crippen LogP contribution >= 0.6 is 23.2 Å². The number of benzene rings is 2. The molecule has 1 saturated heterocycles. The van der Waals surface area contributed by atoms with E-state index < -0.39 is 5.60 Å². The summed E-state index contributed by atoms with van der Waals surface area (Å²) < 4.78 is 0. The number of anilines is 1. The highest BCUT2D eigenvalue weighted by Gasteiger charge is 2.58. The number of amides is 1. The molecule has 1 heterocycles. The largest absolute Gasteiger partial charge is 0.375 e. The first-order chi connectivity index (χ1) is 14.5. The minimum absolute atomic E-state index is 0.0220. The van der Waals surface area contributed by atoms with Gasteiger partial charge in [-0.1, -0.05) is 66.4 Å². The van der Waals surface area contributed by atoms with E-state index in [1.54, 1.807) is 0 Å². The van der Waals surface area contributed by atoms with E-state index in [0.717, 1.165) is 44.5 Å². The predicted molar refractivity (Wildman–Crippen MR) is 120 cm³/mol. The summed E-state index contributed by atoms with van der Waals surface area (Å²) in [6, 6.07) is 15.3. The minimum Gasteiger partial charge on any atom is -0.375 e. The van der Waals surface area contributed by atoms with Gasteiger partial charge in [0.15, 0.2) is 5.60 Å². The Balaban J connectivity index is 1.27. The molecule has 2 aromatic rings. The van der Waals surface area contributed by atoms with Crippen LogP contribution in [-0.4, -0.2) is 30.1 Å². The van der Waals surface area contributed by atoms with Gasteiger partial charge < -0.3 is 15.3 Å². The van der Waals surface area contributed by atoms with Gasteiger partial charge in [-0.2, -0.15) is 0 Å². The summed E-state index contributed by atoms with van der Waals surface area (Å²) in [5, 5.41) is 15.9. The summed E-state index contributed by atoms with van der Waals surface area (Å²) >= 11 is 12.2. The lowest BCUT2D eigenvalue weighted by atomic mass is 9.79. The smallest absolute Gasteiger partial charge is 0.257 e. The van der Waals surface area contributed by atoms with Crippen LogP contribution in [0.15, 0.2) is 48.5 Å². The fourth-order valence-corrected chi connectivity index (χ4v) is 5.77. The zero-order valence-electron chi connectivity index (χ0n) is 16.7. The summed E-state index contributed by atoms with van der Waals surface area (Å²) in [5.74, 6) is 0.561. The van der Waals surface area contributed by atoms with Crippen molar-refractivity contribution in [3.8, 4) is 0 Å². The highest BCUT2D eigenvalue weighted by Crippen LogP contribution is 2.48. The molecule has 6 heteroatoms. The number of carbonyl (C=O) groups is 1. The lowest BCUT2D eigenvalue weighted by Gasteiger charge is -2.34. The standard InChI is InChI=1S/C24H26Cl2N2O2/c25-20-11-10-17(12-21(20)26)28-13-18-19(14-28)22(18)27-23(29)24(30,16-8-4-5-9-16)15-6-2-1-3-7-15/h1-3,6-7,10-12,16,18-19,22,30H,4-5,8-9,13-14H2,(H,27,29)/t18-,19?,22+,24?/m0/s1. The second-order valence-electron chi connectivity index (χ2n) is 8.94. The number of nitrogens with one attached hydrogen (secondary N) is 1. The zero-order chi connectivity index (χ0) is 20.9. The Bertz CT molecular complexity index is 935. The molecule has 2 saturated carbocycles. The number of hydrogen-bond donors (Lipinski definition) is 2. The Morgan fingerprint density at radius 1 is 1.00 bits per heavy atom. The van der Waals surface area contributed by atoms with E-state index in [-0.39, 0.29) is 17.9 Å². The highest BCUT2D eigenvalue weighted by atomic mass is 35.5. The van der Waals surface area contributed by atoms with Gasteiger partial charge in [-0.3, -0.25) is 4.79 Å². The molecule has 2 aromatic carbocycles. The predicted octanol–water partition coefficient (Wildman–Crippen LogP) is 4.62. The molecular formula is C24H26Cl2N2O2. The number of piperidine rings is 1. The van der Waals surface area contributed by atoms with Crippen LogP contribution in [-0.2, 0) is 10.4 Å². The molecule has 3 aliphatic rings. The maximum atomic E-state index is 13.4. The lowest BCUT2D eigenvalue weighted by Crippen LogP contribution is -2.51. The van der Waals surface area contributed by atoms with Gasteiger partial charge in [0.2, 0.25) is 0 Å². The summed E-state index contributed by atoms with van der Waals surface area (Å²) in [6.45, 7) is 1.75. The van der Waals surface area contributed by atoms with Crippen molar-refractivity contribution in [1.82, 2.24) is 5.32 Å². The van der Waals surface area contributed by atoms with Crippen molar-refractivity contribution in [1.29, 1.82) is 0 Å². The van der Waals surface area contributed by atoms with Gasteiger partial charge in [-0.05, 0) is 36.6 Å². The lowest BCUT2D eigenvalue weighted by molar-refractivity contribution is -0.147. The average molecular weight is 445 g/mol. The van der Waals surface area contributed by atoms with Crippen molar-refractivity contribution >= 4 is 34.8 Å². The number of fused-ring (bicyclic) bond motifs is 1. The van der Waals surface area contributed by atoms with Crippen LogP contribution in [0.25, 0.3) is 0 Å². The Morgan fingerprint density at radius 2 is 1.67 bits per heavy atom. The molecule has 2 N–H and O–H groups in total. The van der Waals surface area contributed by atoms with E-state index in [0.29, 0.717) is 27.4 Å². The summed E-state index contributed by atoms with van der Waals surface area (Å²) in [7, 11) is 0. The van der Waals surface area contributed by atoms with E-state index in [9.17, 15) is 9.90 Å². The number of aliphatic hydroxyl groups is 1. The maximum absolute atomic E-state index is 13.4. The summed E-state index contributed by atoms with van der Waals surface area (Å²) in [5.41, 5.74) is 0.323. The Morgan fingerprint density at radius 3 is 2.30 bits per heavy atom. The zero-order valence-corrected chi connectivity index (χ0v) is 18.2. The van der Waals surface area contributed by atoms with Crippen LogP contribution in [0.5, 0.6) is 0 Å². The van der Waals surface area contributed by atoms with Gasteiger partial charge in [0, 0.05) is 42.6 Å². The highest BCUT2D eigenvalue weighted by molar-refractivity contribution is 6.42. The third kappa shape index (κ3) is 3.39. The summed E-state index contributed by atoms with van der Waals surface area (Å²) in [6.07, 6.45) is 3.92. The van der Waals surface area contributed by atoms with Gasteiger partial charge in [0.25, 0.3) is 5.91 Å². The van der Waals surface area contributed by atoms with Crippen molar-refractivity contribution in [3.63, 3.8) is 0 Å². The fourth-order valence-electron chi connectivity index (χ4n) is 5.48. The molecule has 0 spiro atoms. The van der Waals surface area contributed by atoms with E-state index >= 15 is 0 Å². The first kappa shape index (κ1) is 20.2. The number of nitrogens with zero attached hydrogens (tertiary/aromatic N) is 1. The molecule has 1 amide bonds. The molecule has 0 aromatic heterocycles. The Hall–Kier alpha value is -1.75. The SMILES string of the molecule is O=C(N[C@H]1C2CN(c3ccc(Cl)c(Cl)c3)C[C@@H]21)C(O)(c1ccccc1)C1CCCC1. The van der Waals surface area contributed by atoms with Gasteiger partial charge >= 0.3 is 0 Å². The molecule has 2 aliphatic carbocycles. The van der Waals surface area contributed by atoms with Gasteiger partial charge in [-0.25, -0.2) is 0 Å². The van der Waals surface area contributed by atoms with E-state index in [2.05, 4.69) is 10.2 Å². The van der Waals surface area contributed by atoms with Crippen molar-refractivity contribution in [2.24, 2.45) is 17.8 Å². The molecule has 30 heavy (non-hydrogen) atoms. The molecule has 158 valence electrons. The van der Waals surface area contributed by atoms with Crippen LogP contribution < -0.4 is 10.2 Å². The van der Waals surface area contributed by atoms with Gasteiger partial charge in [0.1, 0.15) is 0 Å². The maximum Gasteiger partial charge on any atom is 0.257 e.